The number of nitrogens with one attached hydrogen (secondary N) is 1. The molecule has 6 heteroatoms. The first kappa shape index (κ1) is 17.5. The fraction of sp³-hybridized carbons (Fsp3) is 0.263. The second-order valence-electron chi connectivity index (χ2n) is 5.71. The molecule has 0 aliphatic heterocycles. The molecule has 0 radical (unpaired) electrons. The number of hydrogen-bond donors (Lipinski definition) is 1. The van der Waals surface area contributed by atoms with E-state index in [1.807, 2.05) is 61.7 Å². The van der Waals surface area contributed by atoms with E-state index in [1.54, 1.807) is 0 Å². The topological polar surface area (TPSA) is 55.6 Å². The number of carbonyl (C=O) groups is 1. The number of pyridine rings is 1. The van der Waals surface area contributed by atoms with Crippen LogP contribution in [0.5, 0.6) is 5.75 Å². The number of imidazole rings is 1. The van der Waals surface area contributed by atoms with Crippen LogP contribution in [-0.4, -0.2) is 21.9 Å². The van der Waals surface area contributed by atoms with Crippen molar-refractivity contribution in [3.8, 4) is 5.75 Å². The first-order chi connectivity index (χ1) is 12.0. The summed E-state index contributed by atoms with van der Waals surface area (Å²) in [4.78, 5) is 17.5. The van der Waals surface area contributed by atoms with Gasteiger partial charge in [0.2, 0.25) is 0 Å². The number of anilines is 1. The van der Waals surface area contributed by atoms with Crippen LogP contribution in [0.3, 0.4) is 0 Å². The second-order valence-corrected chi connectivity index (χ2v) is 6.62. The largest absolute Gasteiger partial charge is 0.494 e. The van der Waals surface area contributed by atoms with Gasteiger partial charge in [0.25, 0.3) is 5.91 Å². The first-order valence-electron chi connectivity index (χ1n) is 8.24. The lowest BCUT2D eigenvalue weighted by atomic mass is 10.2. The van der Waals surface area contributed by atoms with Crippen LogP contribution in [0.25, 0.3) is 5.65 Å². The van der Waals surface area contributed by atoms with E-state index in [0.29, 0.717) is 18.7 Å². The molecule has 0 aliphatic carbocycles. The van der Waals surface area contributed by atoms with Crippen molar-refractivity contribution in [2.45, 2.75) is 27.2 Å². The molecule has 0 aliphatic rings. The van der Waals surface area contributed by atoms with Crippen molar-refractivity contribution >= 4 is 33.2 Å². The predicted molar refractivity (Wildman–Crippen MR) is 103 cm³/mol. The number of nitrogens with zero attached hydrogens (tertiary/aromatic N) is 2. The maximum Gasteiger partial charge on any atom is 0.274 e. The molecule has 0 saturated carbocycles. The highest BCUT2D eigenvalue weighted by Crippen LogP contribution is 2.23. The number of ether oxygens (including phenoxy) is 1. The van der Waals surface area contributed by atoms with Crippen LogP contribution in [0.2, 0.25) is 0 Å². The van der Waals surface area contributed by atoms with Gasteiger partial charge in [-0.1, -0.05) is 6.92 Å². The molecule has 1 aromatic carbocycles. The van der Waals surface area contributed by atoms with Gasteiger partial charge in [-0.2, -0.15) is 0 Å². The summed E-state index contributed by atoms with van der Waals surface area (Å²) in [6, 6.07) is 9.35. The first-order valence-corrected chi connectivity index (χ1v) is 9.04. The summed E-state index contributed by atoms with van der Waals surface area (Å²) >= 11 is 3.49. The summed E-state index contributed by atoms with van der Waals surface area (Å²) in [5.74, 6) is 0.607. The zero-order valence-electron chi connectivity index (χ0n) is 14.5. The minimum atomic E-state index is -0.175. The van der Waals surface area contributed by atoms with Crippen molar-refractivity contribution in [3.63, 3.8) is 0 Å². The van der Waals surface area contributed by atoms with E-state index in [9.17, 15) is 4.79 Å². The standard InChI is InChI=1S/C19H20BrN3O2/c1-4-16-17(23-11-13(20)10-12(3)18(23)22-16)19(24)21-14-6-8-15(9-7-14)25-5-2/h6-11H,4-5H2,1-3H3,(H,21,24). The highest BCUT2D eigenvalue weighted by molar-refractivity contribution is 9.10. The Balaban J connectivity index is 1.96. The van der Waals surface area contributed by atoms with E-state index in [-0.39, 0.29) is 5.91 Å². The van der Waals surface area contributed by atoms with Crippen LogP contribution >= 0.6 is 15.9 Å². The normalized spacial score (nSPS) is 10.9. The zero-order chi connectivity index (χ0) is 18.0. The molecule has 0 spiro atoms. The Hall–Kier alpha value is -2.34. The van der Waals surface area contributed by atoms with Gasteiger partial charge in [-0.05, 0) is 72.1 Å². The van der Waals surface area contributed by atoms with Crippen molar-refractivity contribution in [1.82, 2.24) is 9.38 Å². The summed E-state index contributed by atoms with van der Waals surface area (Å²) in [6.07, 6.45) is 2.56. The van der Waals surface area contributed by atoms with Crippen LogP contribution in [0.15, 0.2) is 41.0 Å². The summed E-state index contributed by atoms with van der Waals surface area (Å²) in [5, 5.41) is 2.95. The molecule has 0 saturated heterocycles. The lowest BCUT2D eigenvalue weighted by molar-refractivity contribution is 0.102. The average molecular weight is 402 g/mol. The number of amides is 1. The molecule has 3 aromatic rings. The molecule has 2 heterocycles. The fourth-order valence-corrected chi connectivity index (χ4v) is 3.34. The maximum absolute atomic E-state index is 12.9. The Morgan fingerprint density at radius 2 is 2.00 bits per heavy atom. The third-order valence-corrected chi connectivity index (χ3v) is 4.35. The third-order valence-electron chi connectivity index (χ3n) is 3.92. The highest BCUT2D eigenvalue weighted by Gasteiger charge is 2.19. The van der Waals surface area contributed by atoms with Gasteiger partial charge < -0.3 is 10.1 Å². The SMILES string of the molecule is CCOc1ccc(NC(=O)c2c(CC)nc3c(C)cc(Br)cn23)cc1. The molecule has 0 atom stereocenters. The monoisotopic (exact) mass is 401 g/mol. The van der Waals surface area contributed by atoms with Gasteiger partial charge in [0.05, 0.1) is 12.3 Å². The molecular weight excluding hydrogens is 382 g/mol. The number of benzene rings is 1. The van der Waals surface area contributed by atoms with Gasteiger partial charge >= 0.3 is 0 Å². The van der Waals surface area contributed by atoms with E-state index < -0.39 is 0 Å². The average Bonchev–Trinajstić information content (AvgIpc) is 2.95. The molecule has 2 aromatic heterocycles. The van der Waals surface area contributed by atoms with Crippen molar-refractivity contribution in [3.05, 3.63) is 58.0 Å². The number of rotatable bonds is 5. The van der Waals surface area contributed by atoms with Gasteiger partial charge in [-0.25, -0.2) is 4.98 Å². The third kappa shape index (κ3) is 3.54. The van der Waals surface area contributed by atoms with Gasteiger partial charge in [0.1, 0.15) is 17.1 Å². The van der Waals surface area contributed by atoms with Crippen molar-refractivity contribution in [2.24, 2.45) is 0 Å². The minimum absolute atomic E-state index is 0.175. The number of halogens is 1. The Labute approximate surface area is 155 Å². The van der Waals surface area contributed by atoms with E-state index in [4.69, 9.17) is 4.74 Å². The fourth-order valence-electron chi connectivity index (χ4n) is 2.79. The van der Waals surface area contributed by atoms with E-state index in [2.05, 4.69) is 26.2 Å². The molecule has 0 fully saturated rings. The van der Waals surface area contributed by atoms with Crippen molar-refractivity contribution in [1.29, 1.82) is 0 Å². The van der Waals surface area contributed by atoms with Gasteiger partial charge in [-0.3, -0.25) is 9.20 Å². The smallest absolute Gasteiger partial charge is 0.274 e. The molecule has 3 rings (SSSR count). The molecule has 1 N–H and O–H groups in total. The number of aryl methyl sites for hydroxylation is 2. The molecule has 25 heavy (non-hydrogen) atoms. The van der Waals surface area contributed by atoms with Crippen LogP contribution in [0.4, 0.5) is 5.69 Å². The number of fused-ring (bicyclic) bond motifs is 1. The molecule has 5 nitrogen and oxygen atoms in total. The number of aromatic nitrogens is 2. The summed E-state index contributed by atoms with van der Waals surface area (Å²) in [5.41, 5.74) is 3.89. The van der Waals surface area contributed by atoms with Gasteiger partial charge in [-0.15, -0.1) is 0 Å². The van der Waals surface area contributed by atoms with E-state index in [0.717, 1.165) is 32.8 Å². The van der Waals surface area contributed by atoms with Gasteiger partial charge in [0.15, 0.2) is 0 Å². The van der Waals surface area contributed by atoms with Crippen LogP contribution in [0, 0.1) is 6.92 Å². The minimum Gasteiger partial charge on any atom is -0.494 e. The number of carbonyl (C=O) groups excluding carboxylic acids is 1. The van der Waals surface area contributed by atoms with Gasteiger partial charge in [0, 0.05) is 16.4 Å². The van der Waals surface area contributed by atoms with Crippen LogP contribution < -0.4 is 10.1 Å². The second kappa shape index (κ2) is 7.27. The zero-order valence-corrected chi connectivity index (χ0v) is 16.1. The Morgan fingerprint density at radius 3 is 2.64 bits per heavy atom. The summed E-state index contributed by atoms with van der Waals surface area (Å²) < 4.78 is 8.19. The van der Waals surface area contributed by atoms with Crippen LogP contribution in [-0.2, 0) is 6.42 Å². The maximum atomic E-state index is 12.9. The molecule has 130 valence electrons. The lowest BCUT2D eigenvalue weighted by Crippen LogP contribution is -2.16. The molecule has 0 unspecified atom stereocenters. The Bertz CT molecular complexity index is 917. The highest BCUT2D eigenvalue weighted by atomic mass is 79.9. The molecular formula is C19H20BrN3O2. The molecule has 1 amide bonds. The lowest BCUT2D eigenvalue weighted by Gasteiger charge is -2.09. The van der Waals surface area contributed by atoms with Crippen molar-refractivity contribution < 1.29 is 9.53 Å². The quantitative estimate of drug-likeness (QED) is 0.678. The van der Waals surface area contributed by atoms with Crippen LogP contribution in [0.1, 0.15) is 35.6 Å². The van der Waals surface area contributed by atoms with E-state index in [1.165, 1.54) is 0 Å². The Morgan fingerprint density at radius 1 is 1.28 bits per heavy atom. The summed E-state index contributed by atoms with van der Waals surface area (Å²) in [6.45, 7) is 6.54. The number of hydrogen-bond acceptors (Lipinski definition) is 3. The Kier molecular flexibility index (Phi) is 5.08. The predicted octanol–water partition coefficient (Wildman–Crippen LogP) is 4.62. The van der Waals surface area contributed by atoms with E-state index >= 15 is 0 Å². The molecule has 0 bridgehead atoms. The van der Waals surface area contributed by atoms with Crippen molar-refractivity contribution in [2.75, 3.05) is 11.9 Å². The summed E-state index contributed by atoms with van der Waals surface area (Å²) in [7, 11) is 0.